The largest absolute Gasteiger partial charge is 0.481 e. The van der Waals surface area contributed by atoms with Crippen LogP contribution in [0.25, 0.3) is 0 Å². The molecule has 0 radical (unpaired) electrons. The monoisotopic (exact) mass is 641 g/mol. The van der Waals surface area contributed by atoms with Crippen molar-refractivity contribution in [2.24, 2.45) is 0 Å². The quantitative estimate of drug-likeness (QED) is 0.0432. The molecular formula is C42H72O4. The predicted octanol–water partition coefficient (Wildman–Crippen LogP) is 13.3. The van der Waals surface area contributed by atoms with Crippen LogP contribution < -0.4 is 0 Å². The third-order valence-electron chi connectivity index (χ3n) is 8.24. The zero-order chi connectivity index (χ0) is 33.6. The molecule has 4 heteroatoms. The van der Waals surface area contributed by atoms with Crippen molar-refractivity contribution in [1.82, 2.24) is 0 Å². The molecule has 0 saturated heterocycles. The molecule has 0 aliphatic heterocycles. The number of aliphatic carboxylic acids is 1. The summed E-state index contributed by atoms with van der Waals surface area (Å²) < 4.78 is 5.94. The summed E-state index contributed by atoms with van der Waals surface area (Å²) in [7, 11) is 0. The summed E-state index contributed by atoms with van der Waals surface area (Å²) >= 11 is 0. The molecule has 1 atom stereocenters. The first kappa shape index (κ1) is 43.6. The highest BCUT2D eigenvalue weighted by atomic mass is 16.5. The summed E-state index contributed by atoms with van der Waals surface area (Å²) in [6.07, 6.45) is 51.0. The number of esters is 1. The Kier molecular flexibility index (Phi) is 35.2. The molecule has 0 aromatic heterocycles. The van der Waals surface area contributed by atoms with E-state index in [2.05, 4.69) is 74.6 Å². The molecule has 0 saturated carbocycles. The highest BCUT2D eigenvalue weighted by Crippen LogP contribution is 2.18. The van der Waals surface area contributed by atoms with Gasteiger partial charge >= 0.3 is 11.9 Å². The van der Waals surface area contributed by atoms with E-state index >= 15 is 0 Å². The third kappa shape index (κ3) is 36.1. The fourth-order valence-corrected chi connectivity index (χ4v) is 5.43. The summed E-state index contributed by atoms with van der Waals surface area (Å²) in [6.45, 7) is 4.42. The van der Waals surface area contributed by atoms with Gasteiger partial charge in [0.2, 0.25) is 0 Å². The Bertz CT molecular complexity index is 820. The lowest BCUT2D eigenvalue weighted by molar-refractivity contribution is -0.149. The van der Waals surface area contributed by atoms with Gasteiger partial charge in [-0.25, -0.2) is 0 Å². The molecule has 264 valence electrons. The van der Waals surface area contributed by atoms with Gasteiger partial charge in [-0.05, 0) is 89.9 Å². The number of rotatable bonds is 34. The molecule has 1 N–H and O–H groups in total. The van der Waals surface area contributed by atoms with E-state index in [1.165, 1.54) is 70.6 Å². The van der Waals surface area contributed by atoms with Crippen molar-refractivity contribution in [3.8, 4) is 0 Å². The second-order valence-corrected chi connectivity index (χ2v) is 12.7. The minimum atomic E-state index is -0.712. The highest BCUT2D eigenvalue weighted by Gasteiger charge is 2.14. The maximum Gasteiger partial charge on any atom is 0.306 e. The summed E-state index contributed by atoms with van der Waals surface area (Å²) in [6, 6.07) is 0. The number of carbonyl (C=O) groups excluding carboxylic acids is 1. The number of unbranched alkanes of at least 4 members (excludes halogenated alkanes) is 15. The summed E-state index contributed by atoms with van der Waals surface area (Å²) in [5, 5.41) is 8.81. The highest BCUT2D eigenvalue weighted by molar-refractivity contribution is 5.69. The fourth-order valence-electron chi connectivity index (χ4n) is 5.43. The van der Waals surface area contributed by atoms with Crippen LogP contribution in [0, 0.1) is 0 Å². The van der Waals surface area contributed by atoms with Gasteiger partial charge in [-0.2, -0.15) is 0 Å². The van der Waals surface area contributed by atoms with E-state index in [9.17, 15) is 9.59 Å². The van der Waals surface area contributed by atoms with Gasteiger partial charge < -0.3 is 9.84 Å². The number of carboxylic acid groups (broad SMARTS) is 1. The molecule has 0 aromatic rings. The molecule has 1 unspecified atom stereocenters. The molecule has 4 nitrogen and oxygen atoms in total. The van der Waals surface area contributed by atoms with Crippen LogP contribution in [0.1, 0.15) is 187 Å². The van der Waals surface area contributed by atoms with Gasteiger partial charge in [0.25, 0.3) is 0 Å². The Morgan fingerprint density at radius 2 is 0.935 bits per heavy atom. The minimum absolute atomic E-state index is 0.00136. The van der Waals surface area contributed by atoms with E-state index in [0.29, 0.717) is 6.42 Å². The zero-order valence-electron chi connectivity index (χ0n) is 30.1. The van der Waals surface area contributed by atoms with Crippen molar-refractivity contribution in [2.75, 3.05) is 0 Å². The topological polar surface area (TPSA) is 63.6 Å². The van der Waals surface area contributed by atoms with Crippen LogP contribution in [0.2, 0.25) is 0 Å². The third-order valence-corrected chi connectivity index (χ3v) is 8.24. The van der Waals surface area contributed by atoms with Gasteiger partial charge in [0.05, 0.1) is 0 Å². The molecule has 0 aliphatic carbocycles. The van der Waals surface area contributed by atoms with Crippen LogP contribution in [-0.4, -0.2) is 23.1 Å². The van der Waals surface area contributed by atoms with E-state index in [1.54, 1.807) is 0 Å². The van der Waals surface area contributed by atoms with Crippen molar-refractivity contribution >= 4 is 11.9 Å². The standard InChI is InChI=1S/C42H72O4/c1-3-5-7-9-11-13-15-17-18-20-21-23-25-28-32-36-40(37-33-29-27-30-34-38-41(43)44)46-42(45)39-35-31-26-24-22-19-16-14-12-10-8-6-4-2/h6,8,12,14,19-22,26,31,40H,3-5,7,9-11,13,15-18,23-25,27-30,32-39H2,1-2H3,(H,43,44)/b8-6-,14-12-,21-20-,22-19-,31-26-. The molecule has 0 amide bonds. The Labute approximate surface area is 284 Å². The Morgan fingerprint density at radius 1 is 0.500 bits per heavy atom. The van der Waals surface area contributed by atoms with E-state index in [4.69, 9.17) is 9.84 Å². The predicted molar refractivity (Wildman–Crippen MR) is 199 cm³/mol. The van der Waals surface area contributed by atoms with Crippen LogP contribution in [0.3, 0.4) is 0 Å². The lowest BCUT2D eigenvalue weighted by Crippen LogP contribution is -2.18. The van der Waals surface area contributed by atoms with Crippen LogP contribution >= 0.6 is 0 Å². The SMILES string of the molecule is CC/C=C\C/C=C\C/C=C\C/C=C\CCC(=O)OC(CCCCC/C=C\CCCCCCCCCC)CCCCCCCC(=O)O. The number of ether oxygens (including phenoxy) is 1. The number of hydrogen-bond acceptors (Lipinski definition) is 3. The van der Waals surface area contributed by atoms with Crippen LogP contribution in [0.15, 0.2) is 60.8 Å². The molecule has 0 heterocycles. The number of allylic oxidation sites excluding steroid dienone is 10. The Hall–Kier alpha value is -2.36. The molecule has 0 aliphatic rings. The molecule has 0 bridgehead atoms. The van der Waals surface area contributed by atoms with Crippen LogP contribution in [-0.2, 0) is 14.3 Å². The smallest absolute Gasteiger partial charge is 0.306 e. The van der Waals surface area contributed by atoms with Crippen LogP contribution in [0.5, 0.6) is 0 Å². The van der Waals surface area contributed by atoms with Crippen molar-refractivity contribution in [3.05, 3.63) is 60.8 Å². The number of hydrogen-bond donors (Lipinski definition) is 1. The molecule has 0 rings (SSSR count). The van der Waals surface area contributed by atoms with Gasteiger partial charge in [-0.3, -0.25) is 9.59 Å². The zero-order valence-corrected chi connectivity index (χ0v) is 30.1. The Balaban J connectivity index is 4.22. The summed E-state index contributed by atoms with van der Waals surface area (Å²) in [4.78, 5) is 23.3. The van der Waals surface area contributed by atoms with Gasteiger partial charge in [0.1, 0.15) is 6.10 Å². The average molecular weight is 641 g/mol. The van der Waals surface area contributed by atoms with E-state index in [-0.39, 0.29) is 18.5 Å². The van der Waals surface area contributed by atoms with Gasteiger partial charge in [0.15, 0.2) is 0 Å². The average Bonchev–Trinajstić information content (AvgIpc) is 3.04. The number of carbonyl (C=O) groups is 2. The second-order valence-electron chi connectivity index (χ2n) is 12.7. The normalized spacial score (nSPS) is 12.9. The second kappa shape index (κ2) is 37.1. The van der Waals surface area contributed by atoms with Crippen molar-refractivity contribution in [1.29, 1.82) is 0 Å². The van der Waals surface area contributed by atoms with Crippen molar-refractivity contribution in [2.45, 2.75) is 193 Å². The fraction of sp³-hybridized carbons (Fsp3) is 0.714. The first-order chi connectivity index (χ1) is 22.6. The van der Waals surface area contributed by atoms with Gasteiger partial charge in [-0.1, -0.05) is 145 Å². The molecule has 0 fully saturated rings. The Morgan fingerprint density at radius 3 is 1.48 bits per heavy atom. The van der Waals surface area contributed by atoms with E-state index in [0.717, 1.165) is 89.9 Å². The number of carboxylic acids is 1. The minimum Gasteiger partial charge on any atom is -0.481 e. The lowest BCUT2D eigenvalue weighted by atomic mass is 10.0. The van der Waals surface area contributed by atoms with Gasteiger partial charge in [-0.15, -0.1) is 0 Å². The summed E-state index contributed by atoms with van der Waals surface area (Å²) in [5.41, 5.74) is 0. The van der Waals surface area contributed by atoms with E-state index < -0.39 is 5.97 Å². The van der Waals surface area contributed by atoms with Crippen molar-refractivity contribution in [3.63, 3.8) is 0 Å². The maximum absolute atomic E-state index is 12.6. The lowest BCUT2D eigenvalue weighted by Gasteiger charge is -2.18. The first-order valence-corrected chi connectivity index (χ1v) is 19.3. The van der Waals surface area contributed by atoms with Crippen molar-refractivity contribution < 1.29 is 19.4 Å². The molecule has 46 heavy (non-hydrogen) atoms. The van der Waals surface area contributed by atoms with Crippen LogP contribution in [0.4, 0.5) is 0 Å². The molecular weight excluding hydrogens is 568 g/mol. The first-order valence-electron chi connectivity index (χ1n) is 19.3. The van der Waals surface area contributed by atoms with Gasteiger partial charge in [0, 0.05) is 12.8 Å². The maximum atomic E-state index is 12.6. The molecule has 0 aromatic carbocycles. The molecule has 0 spiro atoms. The summed E-state index contributed by atoms with van der Waals surface area (Å²) in [5.74, 6) is -0.797. The van der Waals surface area contributed by atoms with E-state index in [1.807, 2.05) is 0 Å².